The van der Waals surface area contributed by atoms with Crippen LogP contribution < -0.4 is 4.90 Å². The van der Waals surface area contributed by atoms with E-state index in [1.807, 2.05) is 0 Å². The molecule has 22 heavy (non-hydrogen) atoms. The zero-order chi connectivity index (χ0) is 16.5. The van der Waals surface area contributed by atoms with Crippen molar-refractivity contribution in [2.75, 3.05) is 18.0 Å². The summed E-state index contributed by atoms with van der Waals surface area (Å²) in [5.41, 5.74) is -0.0276. The Labute approximate surface area is 124 Å². The molecule has 122 valence electrons. The number of piperidine rings is 1. The number of nitrogens with zero attached hydrogens (tertiary/aromatic N) is 1. The van der Waals surface area contributed by atoms with Crippen LogP contribution in [0.3, 0.4) is 0 Å². The molecule has 1 aliphatic heterocycles. The minimum absolute atomic E-state index is 0.0545. The molecule has 0 radical (unpaired) electrons. The van der Waals surface area contributed by atoms with Crippen molar-refractivity contribution in [3.05, 3.63) is 35.9 Å². The summed E-state index contributed by atoms with van der Waals surface area (Å²) in [5, 5.41) is 0. The molecule has 0 aliphatic carbocycles. The van der Waals surface area contributed by atoms with E-state index in [1.54, 1.807) is 4.90 Å². The summed E-state index contributed by atoms with van der Waals surface area (Å²) >= 11 is 0. The average Bonchev–Trinajstić information content (AvgIpc) is 2.45. The highest BCUT2D eigenvalue weighted by Crippen LogP contribution is 2.38. The molecule has 0 unspecified atom stereocenters. The van der Waals surface area contributed by atoms with Crippen molar-refractivity contribution in [3.63, 3.8) is 0 Å². The number of anilines is 1. The van der Waals surface area contributed by atoms with E-state index in [9.17, 15) is 26.3 Å². The fourth-order valence-corrected chi connectivity index (χ4v) is 2.63. The summed E-state index contributed by atoms with van der Waals surface area (Å²) < 4.78 is 76.0. The van der Waals surface area contributed by atoms with Crippen molar-refractivity contribution < 1.29 is 26.3 Å². The van der Waals surface area contributed by atoms with Gasteiger partial charge in [-0.1, -0.05) is 12.7 Å². The lowest BCUT2D eigenvalue weighted by Crippen LogP contribution is -2.39. The second kappa shape index (κ2) is 5.85. The second-order valence-electron chi connectivity index (χ2n) is 5.28. The van der Waals surface area contributed by atoms with Gasteiger partial charge in [-0.2, -0.15) is 26.3 Å². The predicted molar refractivity (Wildman–Crippen MR) is 72.5 cm³/mol. The maximum Gasteiger partial charge on any atom is 0.416 e. The van der Waals surface area contributed by atoms with Gasteiger partial charge in [0.25, 0.3) is 0 Å². The van der Waals surface area contributed by atoms with Gasteiger partial charge in [-0.25, -0.2) is 0 Å². The number of alkyl halides is 6. The number of rotatable bonds is 2. The van der Waals surface area contributed by atoms with Gasteiger partial charge in [-0.15, -0.1) is 0 Å². The lowest BCUT2D eigenvalue weighted by molar-refractivity contribution is -0.179. The molecule has 1 heterocycles. The lowest BCUT2D eigenvalue weighted by Gasteiger charge is -2.35. The molecule has 0 atom stereocenters. The molecule has 0 saturated carbocycles. The standard InChI is InChI=1S/C15H15F6N/c1-2-10-9-12(15(19,20)21)3-4-13(10)22-7-5-11(6-8-22)14(16,17)18/h2-4,9,11H,1,5-8H2. The van der Waals surface area contributed by atoms with E-state index in [-0.39, 0.29) is 31.5 Å². The van der Waals surface area contributed by atoms with Crippen LogP contribution in [0, 0.1) is 5.92 Å². The van der Waals surface area contributed by atoms with Gasteiger partial charge >= 0.3 is 12.4 Å². The highest BCUT2D eigenvalue weighted by atomic mass is 19.4. The van der Waals surface area contributed by atoms with Gasteiger partial charge in [0.2, 0.25) is 0 Å². The van der Waals surface area contributed by atoms with Crippen LogP contribution in [-0.2, 0) is 6.18 Å². The van der Waals surface area contributed by atoms with Crippen molar-refractivity contribution >= 4 is 11.8 Å². The molecule has 1 nitrogen and oxygen atoms in total. The molecule has 0 aromatic heterocycles. The van der Waals surface area contributed by atoms with E-state index in [0.29, 0.717) is 5.69 Å². The van der Waals surface area contributed by atoms with Gasteiger partial charge in [0.1, 0.15) is 0 Å². The molecular weight excluding hydrogens is 308 g/mol. The lowest BCUT2D eigenvalue weighted by atomic mass is 9.95. The fourth-order valence-electron chi connectivity index (χ4n) is 2.63. The van der Waals surface area contributed by atoms with Crippen LogP contribution in [0.15, 0.2) is 24.8 Å². The largest absolute Gasteiger partial charge is 0.416 e. The first-order chi connectivity index (χ1) is 10.1. The quantitative estimate of drug-likeness (QED) is 0.682. The summed E-state index contributed by atoms with van der Waals surface area (Å²) in [5.74, 6) is -1.34. The number of hydrogen-bond donors (Lipinski definition) is 0. The third kappa shape index (κ3) is 3.56. The van der Waals surface area contributed by atoms with E-state index in [1.165, 1.54) is 12.1 Å². The zero-order valence-corrected chi connectivity index (χ0v) is 11.6. The zero-order valence-electron chi connectivity index (χ0n) is 11.6. The molecule has 1 saturated heterocycles. The van der Waals surface area contributed by atoms with Crippen LogP contribution >= 0.6 is 0 Å². The molecule has 1 fully saturated rings. The number of hydrogen-bond acceptors (Lipinski definition) is 1. The summed E-state index contributed by atoms with van der Waals surface area (Å²) in [7, 11) is 0. The molecule has 7 heteroatoms. The van der Waals surface area contributed by atoms with Crippen LogP contribution in [-0.4, -0.2) is 19.3 Å². The minimum Gasteiger partial charge on any atom is -0.371 e. The van der Waals surface area contributed by atoms with Gasteiger partial charge in [-0.3, -0.25) is 0 Å². The maximum atomic E-state index is 12.7. The highest BCUT2D eigenvalue weighted by Gasteiger charge is 2.41. The van der Waals surface area contributed by atoms with Crippen LogP contribution in [0.25, 0.3) is 6.08 Å². The molecule has 0 bridgehead atoms. The first kappa shape index (κ1) is 16.7. The Bertz CT molecular complexity index is 538. The van der Waals surface area contributed by atoms with Gasteiger partial charge in [0, 0.05) is 18.8 Å². The van der Waals surface area contributed by atoms with Gasteiger partial charge in [0.05, 0.1) is 11.5 Å². The molecule has 1 aliphatic rings. The van der Waals surface area contributed by atoms with Crippen molar-refractivity contribution in [1.82, 2.24) is 0 Å². The molecule has 2 rings (SSSR count). The molecule has 0 amide bonds. The monoisotopic (exact) mass is 323 g/mol. The first-order valence-electron chi connectivity index (χ1n) is 6.78. The van der Waals surface area contributed by atoms with Crippen molar-refractivity contribution in [2.24, 2.45) is 5.92 Å². The first-order valence-corrected chi connectivity index (χ1v) is 6.78. The van der Waals surface area contributed by atoms with E-state index < -0.39 is 23.8 Å². The normalized spacial score (nSPS) is 17.6. The summed E-state index contributed by atoms with van der Waals surface area (Å²) in [6.45, 7) is 3.82. The Kier molecular flexibility index (Phi) is 4.44. The van der Waals surface area contributed by atoms with Crippen LogP contribution in [0.1, 0.15) is 24.0 Å². The molecule has 1 aromatic carbocycles. The van der Waals surface area contributed by atoms with Gasteiger partial charge < -0.3 is 4.90 Å². The predicted octanol–water partition coefficient (Wildman–Crippen LogP) is 5.13. The second-order valence-corrected chi connectivity index (χ2v) is 5.28. The maximum absolute atomic E-state index is 12.7. The Morgan fingerprint density at radius 2 is 1.64 bits per heavy atom. The molecule has 0 N–H and O–H groups in total. The van der Waals surface area contributed by atoms with E-state index in [2.05, 4.69) is 6.58 Å². The SMILES string of the molecule is C=Cc1cc(C(F)(F)F)ccc1N1CCC(C(F)(F)F)CC1. The van der Waals surface area contributed by atoms with Gasteiger partial charge in [-0.05, 0) is 36.6 Å². The molecule has 1 aromatic rings. The van der Waals surface area contributed by atoms with Crippen LogP contribution in [0.2, 0.25) is 0 Å². The third-order valence-corrected chi connectivity index (χ3v) is 3.87. The summed E-state index contributed by atoms with van der Waals surface area (Å²) in [6.07, 6.45) is -7.49. The fraction of sp³-hybridized carbons (Fsp3) is 0.467. The van der Waals surface area contributed by atoms with Crippen molar-refractivity contribution in [1.29, 1.82) is 0 Å². The molecule has 0 spiro atoms. The minimum atomic E-state index is -4.46. The van der Waals surface area contributed by atoms with E-state index in [0.717, 1.165) is 12.1 Å². The topological polar surface area (TPSA) is 3.24 Å². The van der Waals surface area contributed by atoms with Crippen molar-refractivity contribution in [3.8, 4) is 0 Å². The van der Waals surface area contributed by atoms with Gasteiger partial charge in [0.15, 0.2) is 0 Å². The third-order valence-electron chi connectivity index (χ3n) is 3.87. The number of halogens is 6. The van der Waals surface area contributed by atoms with Crippen LogP contribution in [0.5, 0.6) is 0 Å². The van der Waals surface area contributed by atoms with Crippen LogP contribution in [0.4, 0.5) is 32.0 Å². The average molecular weight is 323 g/mol. The summed E-state index contributed by atoms with van der Waals surface area (Å²) in [4.78, 5) is 1.68. The Morgan fingerprint density at radius 1 is 1.05 bits per heavy atom. The number of benzene rings is 1. The summed E-state index contributed by atoms with van der Waals surface area (Å²) in [6, 6.07) is 3.21. The highest BCUT2D eigenvalue weighted by molar-refractivity contribution is 5.68. The smallest absolute Gasteiger partial charge is 0.371 e. The van der Waals surface area contributed by atoms with E-state index >= 15 is 0 Å². The van der Waals surface area contributed by atoms with E-state index in [4.69, 9.17) is 0 Å². The Balaban J connectivity index is 2.19. The Morgan fingerprint density at radius 3 is 2.09 bits per heavy atom. The molecular formula is C15H15F6N. The Hall–Kier alpha value is -1.66. The van der Waals surface area contributed by atoms with Crippen molar-refractivity contribution in [2.45, 2.75) is 25.2 Å².